The van der Waals surface area contributed by atoms with Crippen molar-refractivity contribution < 1.29 is 32.9 Å². The first-order valence-corrected chi connectivity index (χ1v) is 38.4. The lowest BCUT2D eigenvalue weighted by Crippen LogP contribution is -2.46. The average Bonchev–Trinajstić information content (AvgIpc) is 3.70. The summed E-state index contributed by atoms with van der Waals surface area (Å²) in [6.07, 6.45) is 95.5. The van der Waals surface area contributed by atoms with Gasteiger partial charge in [0.15, 0.2) is 0 Å². The molecule has 502 valence electrons. The van der Waals surface area contributed by atoms with Crippen LogP contribution in [0, 0.1) is 0 Å². The minimum Gasteiger partial charge on any atom is -0.391 e. The number of nitrogens with one attached hydrogen (secondary N) is 1. The summed E-state index contributed by atoms with van der Waals surface area (Å²) in [5.41, 5.74) is 0. The zero-order chi connectivity index (χ0) is 62.6. The minimum absolute atomic E-state index is 0.0742. The Balaban J connectivity index is 3.98. The van der Waals surface area contributed by atoms with E-state index in [-0.39, 0.29) is 19.1 Å². The molecule has 0 aliphatic rings. The lowest BCUT2D eigenvalue weighted by molar-refractivity contribution is -0.870. The molecule has 0 aliphatic heterocycles. The van der Waals surface area contributed by atoms with Crippen LogP contribution < -0.4 is 5.32 Å². The molecule has 0 aromatic carbocycles. The lowest BCUT2D eigenvalue weighted by atomic mass is 10.0. The number of carbonyl (C=O) groups excluding carboxylic acids is 1. The molecule has 0 aromatic rings. The van der Waals surface area contributed by atoms with Crippen LogP contribution >= 0.6 is 7.82 Å². The van der Waals surface area contributed by atoms with E-state index in [1.165, 1.54) is 238 Å². The molecule has 3 N–H and O–H groups in total. The van der Waals surface area contributed by atoms with Gasteiger partial charge in [-0.25, -0.2) is 4.57 Å². The van der Waals surface area contributed by atoms with Gasteiger partial charge in [0.25, 0.3) is 0 Å². The molecule has 0 saturated heterocycles. The molecule has 86 heavy (non-hydrogen) atoms. The van der Waals surface area contributed by atoms with Crippen molar-refractivity contribution in [3.05, 3.63) is 85.1 Å². The first kappa shape index (κ1) is 83.7. The summed E-state index contributed by atoms with van der Waals surface area (Å²) in [5, 5.41) is 14.2. The molecule has 0 spiro atoms. The number of amides is 1. The summed E-state index contributed by atoms with van der Waals surface area (Å²) in [6.45, 7) is 4.82. The van der Waals surface area contributed by atoms with E-state index in [0.717, 1.165) is 83.5 Å². The largest absolute Gasteiger partial charge is 0.472 e. The molecule has 1 amide bonds. The van der Waals surface area contributed by atoms with Gasteiger partial charge >= 0.3 is 7.82 Å². The number of nitrogens with zero attached hydrogens (tertiary/aromatic N) is 1. The quantitative estimate of drug-likeness (QED) is 0.0243. The summed E-state index contributed by atoms with van der Waals surface area (Å²) in [4.78, 5) is 23.5. The summed E-state index contributed by atoms with van der Waals surface area (Å²) < 4.78 is 23.9. The topological polar surface area (TPSA) is 105 Å². The molecule has 0 aromatic heterocycles. The number of carbonyl (C=O) groups is 1. The van der Waals surface area contributed by atoms with E-state index in [2.05, 4.69) is 104 Å². The van der Waals surface area contributed by atoms with Crippen LogP contribution in [0.15, 0.2) is 85.1 Å². The molecule has 8 nitrogen and oxygen atoms in total. The smallest absolute Gasteiger partial charge is 0.391 e. The molecular weight excluding hydrogens is 1080 g/mol. The van der Waals surface area contributed by atoms with Crippen LogP contribution in [0.4, 0.5) is 0 Å². The van der Waals surface area contributed by atoms with E-state index in [1.807, 2.05) is 21.1 Å². The Kier molecular flexibility index (Phi) is 65.3. The predicted octanol–water partition coefficient (Wildman–Crippen LogP) is 23.9. The number of unbranched alkanes of at least 4 members (excludes halogenated alkanes) is 41. The van der Waals surface area contributed by atoms with Crippen molar-refractivity contribution in [3.8, 4) is 0 Å². The van der Waals surface area contributed by atoms with Gasteiger partial charge in [-0.2, -0.15) is 0 Å². The molecule has 0 aliphatic carbocycles. The zero-order valence-electron chi connectivity index (χ0n) is 57.6. The van der Waals surface area contributed by atoms with Crippen LogP contribution in [0.25, 0.3) is 0 Å². The third-order valence-corrected chi connectivity index (χ3v) is 17.6. The predicted molar refractivity (Wildman–Crippen MR) is 378 cm³/mol. The minimum atomic E-state index is -4.33. The van der Waals surface area contributed by atoms with E-state index in [0.29, 0.717) is 23.9 Å². The van der Waals surface area contributed by atoms with Crippen LogP contribution in [0.3, 0.4) is 0 Å². The molecule has 9 heteroatoms. The second-order valence-corrected chi connectivity index (χ2v) is 27.8. The van der Waals surface area contributed by atoms with Gasteiger partial charge in [-0.3, -0.25) is 13.8 Å². The highest BCUT2D eigenvalue weighted by molar-refractivity contribution is 7.47. The fraction of sp³-hybridized carbons (Fsp3) is 0.805. The van der Waals surface area contributed by atoms with E-state index >= 15 is 0 Å². The molecular formula is C77H144N2O6P+. The second kappa shape index (κ2) is 67.1. The first-order valence-electron chi connectivity index (χ1n) is 37.0. The van der Waals surface area contributed by atoms with Gasteiger partial charge in [0.05, 0.1) is 39.9 Å². The Bertz CT molecular complexity index is 1680. The normalized spacial score (nSPS) is 14.1. The molecule has 0 heterocycles. The van der Waals surface area contributed by atoms with Gasteiger partial charge in [0.2, 0.25) is 5.91 Å². The third kappa shape index (κ3) is 69.2. The number of phosphoric ester groups is 1. The van der Waals surface area contributed by atoms with E-state index in [9.17, 15) is 19.4 Å². The molecule has 0 bridgehead atoms. The molecule has 0 fully saturated rings. The van der Waals surface area contributed by atoms with Crippen LogP contribution in [0.2, 0.25) is 0 Å². The Morgan fingerprint density at radius 2 is 0.698 bits per heavy atom. The van der Waals surface area contributed by atoms with Gasteiger partial charge in [0, 0.05) is 6.42 Å². The van der Waals surface area contributed by atoms with Crippen LogP contribution in [-0.2, 0) is 18.4 Å². The van der Waals surface area contributed by atoms with Gasteiger partial charge in [-0.05, 0) is 70.6 Å². The highest BCUT2D eigenvalue weighted by atomic mass is 31.2. The number of quaternary nitrogens is 1. The standard InChI is InChI=1S/C77H143N2O6P/c1-6-8-10-12-14-16-18-20-22-24-26-28-30-32-33-34-35-36-37-38-39-40-41-42-43-44-45-47-49-51-53-55-57-59-61-63-65-67-69-71-77(81)78-75(74-85-86(82,83)84-73-72-79(3,4)5)76(80)70-68-66-64-62-60-58-56-54-52-50-48-46-31-29-27-25-23-21-19-17-15-13-11-9-7-2/h8,10,14,16,20,22,26,28,32-33,35-36,38-39,75-76,80H,6-7,9,11-13,15,17-19,21,23-25,27,29-31,34,37,40-74H2,1-5H3,(H-,78,81,82,83)/p+1/b10-8-,16-14-,22-20-,28-26-,33-32-,36-35-,39-38-. The van der Waals surface area contributed by atoms with Gasteiger partial charge in [-0.15, -0.1) is 0 Å². The number of phosphoric acid groups is 1. The fourth-order valence-corrected chi connectivity index (χ4v) is 11.7. The SMILES string of the molecule is CC/C=C\C/C=C\C/C=C\C/C=C\C/C=C\C/C=C\C/C=C\CCCCCCCCCCCCCCCCCCCC(=O)NC(COP(=O)(O)OCC[N+](C)(C)C)C(O)CCCCCCCCCCCCCCCCCCCCCCCCCCC. The fourth-order valence-electron chi connectivity index (χ4n) is 11.0. The number of hydrogen-bond donors (Lipinski definition) is 3. The van der Waals surface area contributed by atoms with Crippen LogP contribution in [0.1, 0.15) is 348 Å². The van der Waals surface area contributed by atoms with Crippen molar-refractivity contribution in [2.75, 3.05) is 40.9 Å². The number of aliphatic hydroxyl groups is 1. The van der Waals surface area contributed by atoms with E-state index < -0.39 is 20.0 Å². The highest BCUT2D eigenvalue weighted by Crippen LogP contribution is 2.43. The summed E-state index contributed by atoms with van der Waals surface area (Å²) in [7, 11) is 1.63. The molecule has 3 unspecified atom stereocenters. The summed E-state index contributed by atoms with van der Waals surface area (Å²) >= 11 is 0. The van der Waals surface area contributed by atoms with E-state index in [4.69, 9.17) is 9.05 Å². The van der Waals surface area contributed by atoms with Crippen LogP contribution in [-0.4, -0.2) is 73.4 Å². The number of likely N-dealkylation sites (N-methyl/N-ethyl adjacent to an activating group) is 1. The van der Waals surface area contributed by atoms with Crippen molar-refractivity contribution in [3.63, 3.8) is 0 Å². The zero-order valence-corrected chi connectivity index (χ0v) is 58.4. The van der Waals surface area contributed by atoms with Crippen molar-refractivity contribution >= 4 is 13.7 Å². The Labute approximate surface area is 535 Å². The van der Waals surface area contributed by atoms with Crippen LogP contribution in [0.5, 0.6) is 0 Å². The maximum Gasteiger partial charge on any atom is 0.472 e. The van der Waals surface area contributed by atoms with Crippen molar-refractivity contribution in [2.24, 2.45) is 0 Å². The number of hydrogen-bond acceptors (Lipinski definition) is 5. The summed E-state index contributed by atoms with van der Waals surface area (Å²) in [6, 6.07) is -0.765. The number of allylic oxidation sites excluding steroid dienone is 14. The Hall–Kier alpha value is -2.32. The Morgan fingerprint density at radius 1 is 0.407 bits per heavy atom. The number of rotatable bonds is 68. The highest BCUT2D eigenvalue weighted by Gasteiger charge is 2.28. The third-order valence-electron chi connectivity index (χ3n) is 16.7. The first-order chi connectivity index (χ1) is 42.0. The van der Waals surface area contributed by atoms with Crippen molar-refractivity contribution in [1.82, 2.24) is 5.32 Å². The molecule has 0 radical (unpaired) electrons. The average molecular weight is 1220 g/mol. The summed E-state index contributed by atoms with van der Waals surface area (Å²) in [5.74, 6) is -0.140. The number of aliphatic hydroxyl groups excluding tert-OH is 1. The van der Waals surface area contributed by atoms with Gasteiger partial charge < -0.3 is 19.8 Å². The maximum absolute atomic E-state index is 13.1. The Morgan fingerprint density at radius 3 is 1.02 bits per heavy atom. The second-order valence-electron chi connectivity index (χ2n) is 26.3. The van der Waals surface area contributed by atoms with Crippen molar-refractivity contribution in [1.29, 1.82) is 0 Å². The monoisotopic (exact) mass is 1220 g/mol. The molecule has 0 rings (SSSR count). The van der Waals surface area contributed by atoms with Crippen molar-refractivity contribution in [2.45, 2.75) is 360 Å². The maximum atomic E-state index is 13.1. The lowest BCUT2D eigenvalue weighted by Gasteiger charge is -2.26. The van der Waals surface area contributed by atoms with Gasteiger partial charge in [-0.1, -0.05) is 356 Å². The van der Waals surface area contributed by atoms with E-state index in [1.54, 1.807) is 0 Å². The van der Waals surface area contributed by atoms with Gasteiger partial charge in [0.1, 0.15) is 13.2 Å². The molecule has 3 atom stereocenters. The molecule has 0 saturated carbocycles.